The molecule has 0 aliphatic heterocycles. The van der Waals surface area contributed by atoms with Gasteiger partial charge >= 0.3 is 0 Å². The summed E-state index contributed by atoms with van der Waals surface area (Å²) in [4.78, 5) is 9.24. The minimum Gasteiger partial charge on any atom is -0.398 e. The number of pyridine rings is 1. The summed E-state index contributed by atoms with van der Waals surface area (Å²) in [6.45, 7) is 0. The lowest BCUT2D eigenvalue weighted by molar-refractivity contribution is 1.17. The van der Waals surface area contributed by atoms with Crippen molar-refractivity contribution in [3.63, 3.8) is 0 Å². The third-order valence-corrected chi connectivity index (χ3v) is 2.57. The number of nitrogen functional groups attached to an aromatic ring is 1. The molecule has 2 heterocycles. The maximum absolute atomic E-state index is 5.78. The largest absolute Gasteiger partial charge is 0.398 e. The quantitative estimate of drug-likeness (QED) is 0.786. The van der Waals surface area contributed by atoms with E-state index in [1.54, 1.807) is 23.7 Å². The fourth-order valence-corrected chi connectivity index (χ4v) is 1.72. The number of rotatable bonds is 2. The minimum atomic E-state index is 0.795. The van der Waals surface area contributed by atoms with E-state index < -0.39 is 0 Å². The second-order valence-corrected chi connectivity index (χ2v) is 3.69. The van der Waals surface area contributed by atoms with Crippen molar-refractivity contribution in [3.05, 3.63) is 40.6 Å². The van der Waals surface area contributed by atoms with Gasteiger partial charge in [0.05, 0.1) is 5.51 Å². The molecule has 0 spiro atoms. The predicted molar refractivity (Wildman–Crippen MR) is 53.6 cm³/mol. The third-order valence-electron chi connectivity index (χ3n) is 1.79. The van der Waals surface area contributed by atoms with Crippen LogP contribution in [0, 0.1) is 0 Å². The lowest BCUT2D eigenvalue weighted by Gasteiger charge is -2.01. The van der Waals surface area contributed by atoms with Gasteiger partial charge < -0.3 is 5.73 Å². The number of nitrogens with zero attached hydrogens (tertiary/aromatic N) is 2. The van der Waals surface area contributed by atoms with E-state index in [0.29, 0.717) is 0 Å². The maximum atomic E-state index is 5.78. The van der Waals surface area contributed by atoms with Crippen molar-refractivity contribution >= 4 is 17.0 Å². The molecule has 0 saturated heterocycles. The highest BCUT2D eigenvalue weighted by molar-refractivity contribution is 7.09. The first-order valence-corrected chi connectivity index (χ1v) is 4.80. The highest BCUT2D eigenvalue weighted by atomic mass is 32.1. The molecule has 13 heavy (non-hydrogen) atoms. The number of anilines is 1. The number of thiazole rings is 1. The van der Waals surface area contributed by atoms with Crippen molar-refractivity contribution in [1.82, 2.24) is 9.97 Å². The van der Waals surface area contributed by atoms with Gasteiger partial charge in [-0.3, -0.25) is 9.97 Å². The summed E-state index contributed by atoms with van der Waals surface area (Å²) in [5, 5.41) is 0. The number of hydrogen-bond donors (Lipinski definition) is 1. The summed E-state index contributed by atoms with van der Waals surface area (Å²) in [6, 6.07) is 1.82. The Bertz CT molecular complexity index is 384. The van der Waals surface area contributed by atoms with Crippen LogP contribution in [0.1, 0.15) is 10.4 Å². The molecule has 0 aliphatic carbocycles. The first kappa shape index (κ1) is 8.19. The summed E-state index contributed by atoms with van der Waals surface area (Å²) in [5.41, 5.74) is 9.46. The molecule has 4 heteroatoms. The second-order valence-electron chi connectivity index (χ2n) is 2.72. The molecule has 0 bridgehead atoms. The number of nitrogens with two attached hydrogens (primary N) is 1. The fraction of sp³-hybridized carbons (Fsp3) is 0.111. The minimum absolute atomic E-state index is 0.795. The zero-order chi connectivity index (χ0) is 9.10. The van der Waals surface area contributed by atoms with Crippen molar-refractivity contribution in [2.75, 3.05) is 5.73 Å². The van der Waals surface area contributed by atoms with Gasteiger partial charge in [-0.2, -0.15) is 0 Å². The van der Waals surface area contributed by atoms with Crippen LogP contribution in [0.25, 0.3) is 0 Å². The fourth-order valence-electron chi connectivity index (χ4n) is 1.10. The molecule has 2 aromatic heterocycles. The molecule has 0 fully saturated rings. The SMILES string of the molecule is Nc1ccncc1Cc1cncs1. The lowest BCUT2D eigenvalue weighted by Crippen LogP contribution is -1.94. The van der Waals surface area contributed by atoms with Crippen molar-refractivity contribution in [3.8, 4) is 0 Å². The zero-order valence-corrected chi connectivity index (χ0v) is 7.79. The lowest BCUT2D eigenvalue weighted by atomic mass is 10.1. The highest BCUT2D eigenvalue weighted by Gasteiger charge is 2.01. The van der Waals surface area contributed by atoms with Crippen LogP contribution in [0.5, 0.6) is 0 Å². The van der Waals surface area contributed by atoms with Gasteiger partial charge in [0, 0.05) is 35.6 Å². The van der Waals surface area contributed by atoms with Gasteiger partial charge in [-0.15, -0.1) is 11.3 Å². The van der Waals surface area contributed by atoms with Gasteiger partial charge in [0.25, 0.3) is 0 Å². The predicted octanol–water partition coefficient (Wildman–Crippen LogP) is 1.71. The molecule has 0 aliphatic rings. The van der Waals surface area contributed by atoms with Crippen LogP contribution in [-0.2, 0) is 6.42 Å². The van der Waals surface area contributed by atoms with E-state index in [1.165, 1.54) is 4.88 Å². The van der Waals surface area contributed by atoms with E-state index in [0.717, 1.165) is 17.7 Å². The Morgan fingerprint density at radius 1 is 1.31 bits per heavy atom. The molecule has 2 rings (SSSR count). The standard InChI is InChI=1S/C9H9N3S/c10-9-1-2-11-4-7(9)3-8-5-12-6-13-8/h1-2,4-6H,3H2,(H2,10,11). The van der Waals surface area contributed by atoms with Gasteiger partial charge in [0.2, 0.25) is 0 Å². The highest BCUT2D eigenvalue weighted by Crippen LogP contribution is 2.16. The molecule has 66 valence electrons. The number of aromatic nitrogens is 2. The Morgan fingerprint density at radius 2 is 2.23 bits per heavy atom. The number of hydrogen-bond acceptors (Lipinski definition) is 4. The van der Waals surface area contributed by atoms with Gasteiger partial charge in [-0.05, 0) is 11.6 Å². The average Bonchev–Trinajstić information content (AvgIpc) is 2.61. The van der Waals surface area contributed by atoms with Crippen LogP contribution in [0.4, 0.5) is 5.69 Å². The van der Waals surface area contributed by atoms with Crippen LogP contribution < -0.4 is 5.73 Å². The molecule has 2 N–H and O–H groups in total. The van der Waals surface area contributed by atoms with Gasteiger partial charge in [0.1, 0.15) is 0 Å². The average molecular weight is 191 g/mol. The third kappa shape index (κ3) is 1.84. The van der Waals surface area contributed by atoms with Crippen LogP contribution >= 0.6 is 11.3 Å². The topological polar surface area (TPSA) is 51.8 Å². The van der Waals surface area contributed by atoms with Gasteiger partial charge in [-0.25, -0.2) is 0 Å². The molecule has 0 amide bonds. The molecule has 0 radical (unpaired) electrons. The van der Waals surface area contributed by atoms with Crippen molar-refractivity contribution < 1.29 is 0 Å². The second kappa shape index (κ2) is 3.53. The first-order valence-electron chi connectivity index (χ1n) is 3.92. The Kier molecular flexibility index (Phi) is 2.23. The summed E-state index contributed by atoms with van der Waals surface area (Å²) in [7, 11) is 0. The normalized spacial score (nSPS) is 10.2. The summed E-state index contributed by atoms with van der Waals surface area (Å²) in [5.74, 6) is 0. The molecule has 0 aromatic carbocycles. The molecular weight excluding hydrogens is 182 g/mol. The summed E-state index contributed by atoms with van der Waals surface area (Å²) < 4.78 is 0. The molecular formula is C9H9N3S. The summed E-state index contributed by atoms with van der Waals surface area (Å²) in [6.07, 6.45) is 6.18. The van der Waals surface area contributed by atoms with Crippen LogP contribution in [0.15, 0.2) is 30.2 Å². The monoisotopic (exact) mass is 191 g/mol. The van der Waals surface area contributed by atoms with E-state index in [-0.39, 0.29) is 0 Å². The van der Waals surface area contributed by atoms with Crippen molar-refractivity contribution in [2.45, 2.75) is 6.42 Å². The van der Waals surface area contributed by atoms with E-state index >= 15 is 0 Å². The van der Waals surface area contributed by atoms with E-state index in [1.807, 2.05) is 17.8 Å². The zero-order valence-electron chi connectivity index (χ0n) is 6.97. The molecule has 3 nitrogen and oxygen atoms in total. The molecule has 0 atom stereocenters. The Hall–Kier alpha value is -1.42. The molecule has 2 aromatic rings. The smallest absolute Gasteiger partial charge is 0.0794 e. The maximum Gasteiger partial charge on any atom is 0.0794 e. The van der Waals surface area contributed by atoms with E-state index in [4.69, 9.17) is 5.73 Å². The van der Waals surface area contributed by atoms with Crippen LogP contribution in [-0.4, -0.2) is 9.97 Å². The van der Waals surface area contributed by atoms with Crippen molar-refractivity contribution in [1.29, 1.82) is 0 Å². The van der Waals surface area contributed by atoms with Crippen molar-refractivity contribution in [2.24, 2.45) is 0 Å². The van der Waals surface area contributed by atoms with E-state index in [2.05, 4.69) is 9.97 Å². The summed E-state index contributed by atoms with van der Waals surface area (Å²) >= 11 is 1.63. The molecule has 0 unspecified atom stereocenters. The van der Waals surface area contributed by atoms with Crippen LogP contribution in [0.3, 0.4) is 0 Å². The Labute approximate surface area is 80.3 Å². The molecule has 0 saturated carbocycles. The first-order chi connectivity index (χ1) is 6.36. The van der Waals surface area contributed by atoms with Crippen LogP contribution in [0.2, 0.25) is 0 Å². The Morgan fingerprint density at radius 3 is 2.92 bits per heavy atom. The van der Waals surface area contributed by atoms with Gasteiger partial charge in [0.15, 0.2) is 0 Å². The van der Waals surface area contributed by atoms with E-state index in [9.17, 15) is 0 Å². The van der Waals surface area contributed by atoms with Gasteiger partial charge in [-0.1, -0.05) is 0 Å². The Balaban J connectivity index is 2.24.